The zero-order valence-corrected chi connectivity index (χ0v) is 23.8. The van der Waals surface area contributed by atoms with E-state index in [0.29, 0.717) is 0 Å². The highest BCUT2D eigenvalue weighted by Crippen LogP contribution is 2.42. The summed E-state index contributed by atoms with van der Waals surface area (Å²) >= 11 is 0. The second kappa shape index (κ2) is 9.86. The monoisotopic (exact) mass is 562 g/mol. The van der Waals surface area contributed by atoms with Gasteiger partial charge in [-0.25, -0.2) is 0 Å². The highest BCUT2D eigenvalue weighted by Gasteiger charge is 2.18. The molecule has 9 rings (SSSR count). The lowest BCUT2D eigenvalue weighted by molar-refractivity contribution is 0.663. The van der Waals surface area contributed by atoms with Crippen molar-refractivity contribution in [2.45, 2.75) is 0 Å². The zero-order valence-electron chi connectivity index (χ0n) is 23.8. The van der Waals surface area contributed by atoms with Gasteiger partial charge in [-0.05, 0) is 93.0 Å². The first-order valence-corrected chi connectivity index (χ1v) is 14.9. The van der Waals surface area contributed by atoms with Crippen LogP contribution in [0.4, 0.5) is 0 Å². The van der Waals surface area contributed by atoms with Gasteiger partial charge in [-0.2, -0.15) is 0 Å². The van der Waals surface area contributed by atoms with Crippen LogP contribution >= 0.6 is 0 Å². The Morgan fingerprint density at radius 1 is 0.250 bits per heavy atom. The molecule has 2 heterocycles. The zero-order chi connectivity index (χ0) is 29.0. The van der Waals surface area contributed by atoms with Crippen molar-refractivity contribution in [3.05, 3.63) is 158 Å². The molecule has 0 saturated carbocycles. The van der Waals surface area contributed by atoms with Gasteiger partial charge >= 0.3 is 0 Å². The summed E-state index contributed by atoms with van der Waals surface area (Å²) in [4.78, 5) is 0. The average molecular weight is 563 g/mol. The Morgan fingerprint density at radius 3 is 1.02 bits per heavy atom. The van der Waals surface area contributed by atoms with Crippen LogP contribution in [0.25, 0.3) is 88.4 Å². The summed E-state index contributed by atoms with van der Waals surface area (Å²) in [7, 11) is 0. The van der Waals surface area contributed by atoms with E-state index in [2.05, 4.69) is 146 Å². The summed E-state index contributed by atoms with van der Waals surface area (Å²) in [5, 5.41) is 4.36. The molecule has 0 atom stereocenters. The van der Waals surface area contributed by atoms with E-state index < -0.39 is 0 Å². The topological polar surface area (TPSA) is 26.3 Å². The molecule has 9 aromatic rings. The highest BCUT2D eigenvalue weighted by atomic mass is 16.3. The third-order valence-corrected chi connectivity index (χ3v) is 8.67. The van der Waals surface area contributed by atoms with Crippen LogP contribution in [-0.2, 0) is 0 Å². The molecule has 2 heteroatoms. The molecule has 206 valence electrons. The molecule has 0 saturated heterocycles. The molecule has 44 heavy (non-hydrogen) atoms. The molecule has 2 nitrogen and oxygen atoms in total. The van der Waals surface area contributed by atoms with Crippen molar-refractivity contribution in [2.24, 2.45) is 0 Å². The van der Waals surface area contributed by atoms with Crippen LogP contribution in [-0.4, -0.2) is 0 Å². The molecule has 0 spiro atoms. The number of rotatable bonds is 4. The summed E-state index contributed by atoms with van der Waals surface area (Å²) in [5.41, 5.74) is 12.9. The van der Waals surface area contributed by atoms with E-state index in [1.165, 1.54) is 33.4 Å². The smallest absolute Gasteiger partial charge is 0.136 e. The van der Waals surface area contributed by atoms with Crippen molar-refractivity contribution in [3.63, 3.8) is 0 Å². The Hall–Kier alpha value is -5.86. The molecule has 0 unspecified atom stereocenters. The average Bonchev–Trinajstić information content (AvgIpc) is 3.66. The summed E-state index contributed by atoms with van der Waals surface area (Å²) in [6, 6.07) is 55.6. The van der Waals surface area contributed by atoms with Gasteiger partial charge in [-0.3, -0.25) is 0 Å². The summed E-state index contributed by atoms with van der Waals surface area (Å²) < 4.78 is 12.8. The fourth-order valence-corrected chi connectivity index (χ4v) is 6.51. The van der Waals surface area contributed by atoms with E-state index >= 15 is 0 Å². The van der Waals surface area contributed by atoms with Crippen LogP contribution in [0.2, 0.25) is 0 Å². The van der Waals surface area contributed by atoms with Gasteiger partial charge in [0.25, 0.3) is 0 Å². The van der Waals surface area contributed by atoms with E-state index in [9.17, 15) is 0 Å². The molecule has 0 bridgehead atoms. The predicted octanol–water partition coefficient (Wildman–Crippen LogP) is 12.2. The van der Waals surface area contributed by atoms with Crippen molar-refractivity contribution in [1.29, 1.82) is 0 Å². The third kappa shape index (κ3) is 4.04. The Labute approximate surface area is 254 Å². The molecular weight excluding hydrogens is 536 g/mol. The van der Waals surface area contributed by atoms with Crippen molar-refractivity contribution in [1.82, 2.24) is 0 Å². The van der Waals surface area contributed by atoms with Crippen molar-refractivity contribution in [3.8, 4) is 44.5 Å². The normalized spacial score (nSPS) is 11.6. The first-order valence-electron chi connectivity index (χ1n) is 14.9. The Bertz CT molecular complexity index is 2300. The van der Waals surface area contributed by atoms with E-state index in [1.54, 1.807) is 0 Å². The summed E-state index contributed by atoms with van der Waals surface area (Å²) in [6.45, 7) is 0. The SMILES string of the molecule is c1ccc(-c2cccc(-c3ccc4oc5ccc6oc7ccc(-c8cccc(-c9ccccc9)c8)cc7c6c5c4c3)c2)cc1. The minimum absolute atomic E-state index is 0.863. The van der Waals surface area contributed by atoms with Crippen molar-refractivity contribution < 1.29 is 8.83 Å². The number of furan rings is 2. The first-order chi connectivity index (χ1) is 21.8. The second-order valence-corrected chi connectivity index (χ2v) is 11.3. The van der Waals surface area contributed by atoms with Crippen LogP contribution < -0.4 is 0 Å². The van der Waals surface area contributed by atoms with Crippen molar-refractivity contribution in [2.75, 3.05) is 0 Å². The number of fused-ring (bicyclic) bond motifs is 7. The van der Waals surface area contributed by atoms with Crippen LogP contribution in [0.3, 0.4) is 0 Å². The van der Waals surface area contributed by atoms with Gasteiger partial charge in [0.2, 0.25) is 0 Å². The number of hydrogen-bond donors (Lipinski definition) is 0. The molecule has 0 aliphatic heterocycles. The molecule has 0 amide bonds. The van der Waals surface area contributed by atoms with Gasteiger partial charge < -0.3 is 8.83 Å². The van der Waals surface area contributed by atoms with Crippen LogP contribution in [0.15, 0.2) is 167 Å². The van der Waals surface area contributed by atoms with Crippen LogP contribution in [0, 0.1) is 0 Å². The number of hydrogen-bond acceptors (Lipinski definition) is 2. The Kier molecular flexibility index (Phi) is 5.54. The molecule has 0 aliphatic rings. The molecule has 0 radical (unpaired) electrons. The van der Waals surface area contributed by atoms with Gasteiger partial charge in [0.1, 0.15) is 22.3 Å². The summed E-state index contributed by atoms with van der Waals surface area (Å²) in [5.74, 6) is 0. The maximum Gasteiger partial charge on any atom is 0.136 e. The van der Waals surface area contributed by atoms with E-state index in [0.717, 1.165) is 55.0 Å². The van der Waals surface area contributed by atoms with Gasteiger partial charge in [0.05, 0.1) is 0 Å². The van der Waals surface area contributed by atoms with Crippen LogP contribution in [0.5, 0.6) is 0 Å². The summed E-state index contributed by atoms with van der Waals surface area (Å²) in [6.07, 6.45) is 0. The molecule has 0 fully saturated rings. The first kappa shape index (κ1) is 24.7. The van der Waals surface area contributed by atoms with E-state index in [4.69, 9.17) is 8.83 Å². The van der Waals surface area contributed by atoms with Gasteiger partial charge in [0.15, 0.2) is 0 Å². The third-order valence-electron chi connectivity index (χ3n) is 8.67. The quantitative estimate of drug-likeness (QED) is 0.213. The Balaban J connectivity index is 1.22. The maximum absolute atomic E-state index is 6.40. The molecule has 2 aromatic heterocycles. The number of benzene rings is 7. The lowest BCUT2D eigenvalue weighted by Gasteiger charge is -2.07. The molecular formula is C42H26O2. The van der Waals surface area contributed by atoms with Crippen LogP contribution in [0.1, 0.15) is 0 Å². The molecule has 0 aliphatic carbocycles. The van der Waals surface area contributed by atoms with Gasteiger partial charge in [-0.1, -0.05) is 109 Å². The minimum Gasteiger partial charge on any atom is -0.456 e. The second-order valence-electron chi connectivity index (χ2n) is 11.3. The highest BCUT2D eigenvalue weighted by molar-refractivity contribution is 6.26. The largest absolute Gasteiger partial charge is 0.456 e. The van der Waals surface area contributed by atoms with E-state index in [-0.39, 0.29) is 0 Å². The van der Waals surface area contributed by atoms with Crippen molar-refractivity contribution >= 4 is 43.9 Å². The predicted molar refractivity (Wildman–Crippen MR) is 183 cm³/mol. The standard InChI is InChI=1S/C42H26O2/c1-3-9-27(10-4-1)29-13-7-15-31(23-29)33-17-19-37-35(25-33)41-39(43-37)21-22-40-42(41)36-26-34(18-20-38(36)44-40)32-16-8-14-30(24-32)28-11-5-2-6-12-28/h1-26H. The van der Waals surface area contributed by atoms with Gasteiger partial charge in [0, 0.05) is 21.5 Å². The fourth-order valence-electron chi connectivity index (χ4n) is 6.51. The lowest BCUT2D eigenvalue weighted by atomic mass is 9.96. The van der Waals surface area contributed by atoms with E-state index in [1.807, 2.05) is 12.1 Å². The molecule has 0 N–H and O–H groups in total. The lowest BCUT2D eigenvalue weighted by Crippen LogP contribution is -1.82. The maximum atomic E-state index is 6.40. The van der Waals surface area contributed by atoms with Gasteiger partial charge in [-0.15, -0.1) is 0 Å². The Morgan fingerprint density at radius 2 is 0.591 bits per heavy atom. The minimum atomic E-state index is 0.863. The fraction of sp³-hybridized carbons (Fsp3) is 0. The molecule has 7 aromatic carbocycles.